The van der Waals surface area contributed by atoms with E-state index in [0.717, 1.165) is 88.5 Å². The quantitative estimate of drug-likeness (QED) is 0.157. The highest BCUT2D eigenvalue weighted by molar-refractivity contribution is 6.55. The van der Waals surface area contributed by atoms with Crippen LogP contribution in [0, 0.1) is 5.41 Å². The maximum Gasteiger partial charge on any atom is 0.164 e. The van der Waals surface area contributed by atoms with Gasteiger partial charge in [-0.15, -0.1) is 0 Å². The van der Waals surface area contributed by atoms with Crippen molar-refractivity contribution in [2.45, 2.75) is 0 Å². The molecule has 0 aliphatic heterocycles. The summed E-state index contributed by atoms with van der Waals surface area (Å²) in [6.45, 7) is 0. The van der Waals surface area contributed by atoms with Crippen molar-refractivity contribution in [3.8, 4) is 56.4 Å². The van der Waals surface area contributed by atoms with Gasteiger partial charge in [0.15, 0.2) is 17.5 Å². The lowest BCUT2D eigenvalue weighted by Crippen LogP contribution is -2.19. The molecule has 2 N–H and O–H groups in total. The fourth-order valence-corrected chi connectivity index (χ4v) is 8.08. The molecule has 0 saturated carbocycles. The van der Waals surface area contributed by atoms with E-state index in [2.05, 4.69) is 115 Å². The minimum absolute atomic E-state index is 0.321. The van der Waals surface area contributed by atoms with Gasteiger partial charge < -0.3 is 4.42 Å². The molecule has 7 heteroatoms. The van der Waals surface area contributed by atoms with Crippen molar-refractivity contribution in [3.63, 3.8) is 0 Å². The molecule has 0 saturated heterocycles. The second kappa shape index (κ2) is 14.6. The van der Waals surface area contributed by atoms with Crippen molar-refractivity contribution in [2.75, 3.05) is 5.43 Å². The number of anilines is 1. The lowest BCUT2D eigenvalue weighted by molar-refractivity contribution is 0.669. The van der Waals surface area contributed by atoms with Crippen LogP contribution in [0.25, 0.3) is 95.2 Å². The number of hydrazone groups is 1. The van der Waals surface area contributed by atoms with Crippen molar-refractivity contribution >= 4 is 55.9 Å². The van der Waals surface area contributed by atoms with Crippen molar-refractivity contribution in [3.05, 3.63) is 199 Å². The zero-order chi connectivity index (χ0) is 40.0. The monoisotopic (exact) mass is 770 g/mol. The van der Waals surface area contributed by atoms with E-state index in [-0.39, 0.29) is 0 Å². The average Bonchev–Trinajstić information content (AvgIpc) is 3.71. The van der Waals surface area contributed by atoms with Gasteiger partial charge >= 0.3 is 0 Å². The lowest BCUT2D eigenvalue weighted by Gasteiger charge is -2.18. The molecule has 2 aromatic heterocycles. The van der Waals surface area contributed by atoms with Gasteiger partial charge in [0.2, 0.25) is 0 Å². The highest BCUT2D eigenvalue weighted by atomic mass is 16.3. The third-order valence-corrected chi connectivity index (χ3v) is 11.0. The number of allylic oxidation sites excluding steroid dienone is 1. The van der Waals surface area contributed by atoms with Crippen LogP contribution in [0.5, 0.6) is 0 Å². The normalized spacial score (nSPS) is 13.0. The number of rotatable bonds is 7. The molecular weight excluding hydrogens is 737 g/mol. The van der Waals surface area contributed by atoms with Gasteiger partial charge in [-0.05, 0) is 93.2 Å². The molecule has 0 spiro atoms. The van der Waals surface area contributed by atoms with Gasteiger partial charge in [0.05, 0.1) is 11.4 Å². The Bertz CT molecular complexity index is 3300. The molecular formula is C53H34N6O. The highest BCUT2D eigenvalue weighted by Gasteiger charge is 2.22. The smallest absolute Gasteiger partial charge is 0.164 e. The number of nitrogens with one attached hydrogen (secondary N) is 2. The minimum atomic E-state index is 0.321. The van der Waals surface area contributed by atoms with Crippen LogP contribution in [-0.2, 0) is 0 Å². The Morgan fingerprint density at radius 2 is 1.08 bits per heavy atom. The zero-order valence-corrected chi connectivity index (χ0v) is 32.2. The van der Waals surface area contributed by atoms with E-state index < -0.39 is 0 Å². The molecule has 8 aromatic carbocycles. The second-order valence-electron chi connectivity index (χ2n) is 14.8. The van der Waals surface area contributed by atoms with E-state index in [4.69, 9.17) is 29.9 Å². The lowest BCUT2D eigenvalue weighted by atomic mass is 9.88. The topological polar surface area (TPSA) is 100 Å². The van der Waals surface area contributed by atoms with Gasteiger partial charge in [0.1, 0.15) is 16.9 Å². The SMILES string of the molecule is N=C1C=Cc2ccc3ccc(-c4nc(-c5cc(-c6ccccc6)cc(-c6ccccc6)c5)nc(-c5cccc6oc7ccccc7c56)n4)cc3c2/C1=N/Nc1ccccc1. The van der Waals surface area contributed by atoms with E-state index in [1.54, 1.807) is 6.08 Å². The first-order valence-electron chi connectivity index (χ1n) is 19.8. The summed E-state index contributed by atoms with van der Waals surface area (Å²) in [5, 5.41) is 17.6. The van der Waals surface area contributed by atoms with Gasteiger partial charge in [-0.1, -0.05) is 140 Å². The summed E-state index contributed by atoms with van der Waals surface area (Å²) in [5.74, 6) is 1.60. The van der Waals surface area contributed by atoms with Gasteiger partial charge in [-0.2, -0.15) is 5.10 Å². The first-order valence-corrected chi connectivity index (χ1v) is 19.8. The van der Waals surface area contributed by atoms with Gasteiger partial charge in [0.25, 0.3) is 0 Å². The molecule has 0 amide bonds. The van der Waals surface area contributed by atoms with Crippen molar-refractivity contribution in [1.82, 2.24) is 15.0 Å². The van der Waals surface area contributed by atoms with E-state index in [1.807, 2.05) is 78.9 Å². The summed E-state index contributed by atoms with van der Waals surface area (Å²) < 4.78 is 6.33. The molecule has 10 aromatic rings. The van der Waals surface area contributed by atoms with Crippen LogP contribution in [0.15, 0.2) is 198 Å². The third kappa shape index (κ3) is 6.31. The number of para-hydroxylation sites is 2. The van der Waals surface area contributed by atoms with Gasteiger partial charge in [-0.3, -0.25) is 10.8 Å². The molecule has 7 nitrogen and oxygen atoms in total. The van der Waals surface area contributed by atoms with Crippen LogP contribution in [0.2, 0.25) is 0 Å². The Morgan fingerprint density at radius 3 is 1.83 bits per heavy atom. The molecule has 282 valence electrons. The number of hydrogen-bond acceptors (Lipinski definition) is 7. The van der Waals surface area contributed by atoms with Gasteiger partial charge in [0, 0.05) is 33.0 Å². The van der Waals surface area contributed by atoms with Crippen LogP contribution in [0.3, 0.4) is 0 Å². The average molecular weight is 771 g/mol. The van der Waals surface area contributed by atoms with Crippen LogP contribution in [0.1, 0.15) is 11.1 Å². The zero-order valence-electron chi connectivity index (χ0n) is 32.2. The largest absolute Gasteiger partial charge is 0.456 e. The Balaban J connectivity index is 1.15. The summed E-state index contributed by atoms with van der Waals surface area (Å²) in [4.78, 5) is 15.8. The molecule has 0 fully saturated rings. The molecule has 0 bridgehead atoms. The molecule has 0 atom stereocenters. The maximum absolute atomic E-state index is 8.95. The summed E-state index contributed by atoms with van der Waals surface area (Å²) >= 11 is 0. The molecule has 1 aliphatic rings. The Hall–Kier alpha value is -8.29. The number of furan rings is 1. The summed E-state index contributed by atoms with van der Waals surface area (Å²) in [6.07, 6.45) is 3.77. The van der Waals surface area contributed by atoms with Crippen LogP contribution in [-0.4, -0.2) is 26.4 Å². The number of fused-ring (bicyclic) bond motifs is 6. The number of hydrogen-bond donors (Lipinski definition) is 2. The predicted octanol–water partition coefficient (Wildman–Crippen LogP) is 13.1. The second-order valence-corrected chi connectivity index (χ2v) is 14.8. The van der Waals surface area contributed by atoms with Crippen LogP contribution in [0.4, 0.5) is 5.69 Å². The predicted molar refractivity (Wildman–Crippen MR) is 245 cm³/mol. The molecule has 0 radical (unpaired) electrons. The third-order valence-electron chi connectivity index (χ3n) is 11.0. The van der Waals surface area contributed by atoms with Gasteiger partial charge in [-0.25, -0.2) is 15.0 Å². The molecule has 60 heavy (non-hydrogen) atoms. The fraction of sp³-hybridized carbons (Fsp3) is 0. The number of nitrogens with zero attached hydrogens (tertiary/aromatic N) is 4. The highest BCUT2D eigenvalue weighted by Crippen LogP contribution is 2.39. The van der Waals surface area contributed by atoms with Crippen molar-refractivity contribution in [2.24, 2.45) is 5.10 Å². The first-order chi connectivity index (χ1) is 29.6. The number of aromatic nitrogens is 3. The minimum Gasteiger partial charge on any atom is -0.456 e. The Kier molecular flexibility index (Phi) is 8.48. The maximum atomic E-state index is 8.95. The fourth-order valence-electron chi connectivity index (χ4n) is 8.08. The van der Waals surface area contributed by atoms with E-state index in [9.17, 15) is 0 Å². The van der Waals surface area contributed by atoms with E-state index in [0.29, 0.717) is 28.9 Å². The van der Waals surface area contributed by atoms with Crippen LogP contribution < -0.4 is 5.43 Å². The molecule has 1 aliphatic carbocycles. The Labute approximate surface area is 345 Å². The molecule has 11 rings (SSSR count). The summed E-state index contributed by atoms with van der Waals surface area (Å²) in [7, 11) is 0. The van der Waals surface area contributed by atoms with Crippen molar-refractivity contribution in [1.29, 1.82) is 5.41 Å². The summed E-state index contributed by atoms with van der Waals surface area (Å²) in [5.41, 5.74) is 15.1. The van der Waals surface area contributed by atoms with E-state index in [1.165, 1.54) is 0 Å². The standard InChI is InChI=1S/C53H34N6O/c54-45-28-27-36-25-23-35-24-26-37(32-44(35)48(36)50(45)59-58-41-17-8-3-9-18-41)51-55-52(57-53(56-51)43-20-12-22-47-49(43)42-19-10-11-21-46(42)60-47)40-30-38(33-13-4-1-5-14-33)29-39(31-40)34-15-6-2-7-16-34/h1-32,54,58H/b54-45?,59-50+. The summed E-state index contributed by atoms with van der Waals surface area (Å²) in [6, 6.07) is 61.7. The van der Waals surface area contributed by atoms with Crippen LogP contribution >= 0.6 is 0 Å². The van der Waals surface area contributed by atoms with E-state index >= 15 is 0 Å². The molecule has 0 unspecified atom stereocenters. The Morgan fingerprint density at radius 1 is 0.467 bits per heavy atom. The molecule has 2 heterocycles. The first kappa shape index (κ1) is 34.9. The van der Waals surface area contributed by atoms with Crippen molar-refractivity contribution < 1.29 is 4.42 Å². The number of benzene rings is 8.